The molecule has 0 fully saturated rings. The average Bonchev–Trinajstić information content (AvgIpc) is 2.55. The number of amides is 1. The first kappa shape index (κ1) is 15.1. The van der Waals surface area contributed by atoms with Crippen LogP contribution < -0.4 is 15.9 Å². The van der Waals surface area contributed by atoms with Crippen LogP contribution in [0.5, 0.6) is 5.75 Å². The molecule has 2 N–H and O–H groups in total. The molecule has 0 bridgehead atoms. The number of primary amides is 1. The summed E-state index contributed by atoms with van der Waals surface area (Å²) in [7, 11) is 0. The van der Waals surface area contributed by atoms with Crippen LogP contribution in [0, 0.1) is 0 Å². The Morgan fingerprint density at radius 3 is 2.70 bits per heavy atom. The molecule has 5 nitrogen and oxygen atoms in total. The molecule has 23 heavy (non-hydrogen) atoms. The van der Waals surface area contributed by atoms with Crippen molar-refractivity contribution in [1.29, 1.82) is 0 Å². The predicted molar refractivity (Wildman–Crippen MR) is 88.9 cm³/mol. The highest BCUT2D eigenvalue weighted by molar-refractivity contribution is 5.98. The van der Waals surface area contributed by atoms with Gasteiger partial charge in [0.2, 0.25) is 11.3 Å². The van der Waals surface area contributed by atoms with Gasteiger partial charge < -0.3 is 14.9 Å². The summed E-state index contributed by atoms with van der Waals surface area (Å²) in [5, 5.41) is 0.867. The summed E-state index contributed by atoms with van der Waals surface area (Å²) in [6.45, 7) is 2.70. The van der Waals surface area contributed by atoms with E-state index in [1.54, 1.807) is 24.3 Å². The van der Waals surface area contributed by atoms with Crippen molar-refractivity contribution in [3.05, 3.63) is 52.2 Å². The molecule has 118 valence electrons. The van der Waals surface area contributed by atoms with Crippen LogP contribution in [0.25, 0.3) is 21.9 Å². The lowest BCUT2D eigenvalue weighted by Gasteiger charge is -2.07. The van der Waals surface area contributed by atoms with E-state index in [4.69, 9.17) is 14.9 Å². The number of fused-ring (bicyclic) bond motifs is 2. The first-order valence-corrected chi connectivity index (χ1v) is 7.53. The Morgan fingerprint density at radius 2 is 1.96 bits per heavy atom. The zero-order valence-corrected chi connectivity index (χ0v) is 12.8. The molecule has 1 amide bonds. The van der Waals surface area contributed by atoms with Crippen LogP contribution in [0.15, 0.2) is 45.6 Å². The number of carbonyl (C=O) groups excluding carboxylic acids is 1. The molecule has 3 rings (SSSR count). The highest BCUT2D eigenvalue weighted by atomic mass is 16.5. The van der Waals surface area contributed by atoms with Gasteiger partial charge in [0.15, 0.2) is 0 Å². The summed E-state index contributed by atoms with van der Waals surface area (Å²) < 4.78 is 11.4. The maximum absolute atomic E-state index is 12.6. The molecule has 0 aliphatic rings. The number of nitrogens with two attached hydrogens (primary N) is 1. The maximum atomic E-state index is 12.6. The molecule has 5 heteroatoms. The fourth-order valence-electron chi connectivity index (χ4n) is 2.41. The van der Waals surface area contributed by atoms with E-state index in [0.717, 1.165) is 12.8 Å². The van der Waals surface area contributed by atoms with Crippen molar-refractivity contribution in [1.82, 2.24) is 0 Å². The van der Waals surface area contributed by atoms with Crippen molar-refractivity contribution >= 4 is 27.8 Å². The van der Waals surface area contributed by atoms with Crippen molar-refractivity contribution in [2.24, 2.45) is 5.73 Å². The number of hydrogen-bond acceptors (Lipinski definition) is 4. The highest BCUT2D eigenvalue weighted by Crippen LogP contribution is 2.23. The fourth-order valence-corrected chi connectivity index (χ4v) is 2.41. The van der Waals surface area contributed by atoms with Gasteiger partial charge in [-0.2, -0.15) is 0 Å². The molecule has 0 atom stereocenters. The first-order valence-electron chi connectivity index (χ1n) is 7.53. The van der Waals surface area contributed by atoms with Crippen molar-refractivity contribution in [2.75, 3.05) is 6.61 Å². The highest BCUT2D eigenvalue weighted by Gasteiger charge is 2.11. The summed E-state index contributed by atoms with van der Waals surface area (Å²) in [6, 6.07) is 9.74. The molecule has 2 aromatic carbocycles. The molecule has 0 saturated carbocycles. The largest absolute Gasteiger partial charge is 0.494 e. The standard InChI is InChI=1S/C18H17NO4/c1-2-3-8-22-12-5-7-15-14(10-12)17(20)13-6-4-11(18(19)21)9-16(13)23-15/h4-7,9-10H,2-3,8H2,1H3,(H2,19,21). The molecule has 1 heterocycles. The molecule has 3 aromatic rings. The van der Waals surface area contributed by atoms with Crippen LogP contribution in [-0.2, 0) is 0 Å². The van der Waals surface area contributed by atoms with Crippen LogP contribution in [0.4, 0.5) is 0 Å². The fraction of sp³-hybridized carbons (Fsp3) is 0.222. The van der Waals surface area contributed by atoms with E-state index < -0.39 is 5.91 Å². The number of hydrogen-bond donors (Lipinski definition) is 1. The van der Waals surface area contributed by atoms with E-state index in [9.17, 15) is 9.59 Å². The van der Waals surface area contributed by atoms with E-state index in [2.05, 4.69) is 6.92 Å². The second-order valence-corrected chi connectivity index (χ2v) is 5.37. The molecule has 0 saturated heterocycles. The van der Waals surface area contributed by atoms with Gasteiger partial charge in [-0.25, -0.2) is 0 Å². The third kappa shape index (κ3) is 2.90. The molecule has 0 spiro atoms. The molecule has 1 aromatic heterocycles. The Labute approximate surface area is 132 Å². The monoisotopic (exact) mass is 311 g/mol. The molecule has 0 aliphatic heterocycles. The lowest BCUT2D eigenvalue weighted by Crippen LogP contribution is -2.11. The second-order valence-electron chi connectivity index (χ2n) is 5.37. The minimum absolute atomic E-state index is 0.154. The minimum atomic E-state index is -0.561. The first-order chi connectivity index (χ1) is 11.1. The van der Waals surface area contributed by atoms with Crippen molar-refractivity contribution in [3.63, 3.8) is 0 Å². The Hall–Kier alpha value is -2.82. The van der Waals surface area contributed by atoms with Crippen molar-refractivity contribution in [3.8, 4) is 5.75 Å². The summed E-state index contributed by atoms with van der Waals surface area (Å²) in [4.78, 5) is 23.9. The van der Waals surface area contributed by atoms with Crippen LogP contribution in [0.1, 0.15) is 30.1 Å². The van der Waals surface area contributed by atoms with Gasteiger partial charge in [-0.1, -0.05) is 13.3 Å². The molecule has 0 radical (unpaired) electrons. The molecular weight excluding hydrogens is 294 g/mol. The number of unbranched alkanes of at least 4 members (excludes halogenated alkanes) is 1. The third-order valence-corrected chi connectivity index (χ3v) is 3.69. The number of ether oxygens (including phenoxy) is 1. The van der Waals surface area contributed by atoms with Gasteiger partial charge in [-0.3, -0.25) is 9.59 Å². The number of rotatable bonds is 5. The molecular formula is C18H17NO4. The van der Waals surface area contributed by atoms with E-state index in [1.807, 2.05) is 0 Å². The van der Waals surface area contributed by atoms with Crippen LogP contribution in [0.2, 0.25) is 0 Å². The lowest BCUT2D eigenvalue weighted by molar-refractivity contribution is 0.100. The maximum Gasteiger partial charge on any atom is 0.248 e. The quantitative estimate of drug-likeness (QED) is 0.579. The zero-order chi connectivity index (χ0) is 16.4. The Morgan fingerprint density at radius 1 is 1.13 bits per heavy atom. The predicted octanol–water partition coefficient (Wildman–Crippen LogP) is 3.22. The summed E-state index contributed by atoms with van der Waals surface area (Å²) in [5.41, 5.74) is 6.21. The Kier molecular flexibility index (Phi) is 4.02. The van der Waals surface area contributed by atoms with Gasteiger partial charge in [0.1, 0.15) is 16.9 Å². The third-order valence-electron chi connectivity index (χ3n) is 3.69. The van der Waals surface area contributed by atoms with Gasteiger partial charge >= 0.3 is 0 Å². The van der Waals surface area contributed by atoms with Gasteiger partial charge in [-0.15, -0.1) is 0 Å². The smallest absolute Gasteiger partial charge is 0.248 e. The van der Waals surface area contributed by atoms with Crippen LogP contribution >= 0.6 is 0 Å². The summed E-state index contributed by atoms with van der Waals surface area (Å²) >= 11 is 0. The summed E-state index contributed by atoms with van der Waals surface area (Å²) in [6.07, 6.45) is 2.00. The number of carbonyl (C=O) groups is 1. The van der Waals surface area contributed by atoms with Crippen molar-refractivity contribution in [2.45, 2.75) is 19.8 Å². The average molecular weight is 311 g/mol. The van der Waals surface area contributed by atoms with Gasteiger partial charge in [0, 0.05) is 5.56 Å². The Balaban J connectivity index is 2.12. The van der Waals surface area contributed by atoms with Crippen LogP contribution in [-0.4, -0.2) is 12.5 Å². The van der Waals surface area contributed by atoms with E-state index in [1.165, 1.54) is 12.1 Å². The molecule has 0 aliphatic carbocycles. The topological polar surface area (TPSA) is 82.5 Å². The summed E-state index contributed by atoms with van der Waals surface area (Å²) in [5.74, 6) is 0.0840. The lowest BCUT2D eigenvalue weighted by atomic mass is 10.1. The Bertz CT molecular complexity index is 943. The zero-order valence-electron chi connectivity index (χ0n) is 12.8. The van der Waals surface area contributed by atoms with E-state index in [-0.39, 0.29) is 5.43 Å². The minimum Gasteiger partial charge on any atom is -0.494 e. The second kappa shape index (κ2) is 6.12. The normalized spacial score (nSPS) is 11.0. The van der Waals surface area contributed by atoms with Gasteiger partial charge in [0.25, 0.3) is 0 Å². The SMILES string of the molecule is CCCCOc1ccc2oc3cc(C(N)=O)ccc3c(=O)c2c1. The van der Waals surface area contributed by atoms with Crippen molar-refractivity contribution < 1.29 is 13.9 Å². The van der Waals surface area contributed by atoms with Crippen LogP contribution in [0.3, 0.4) is 0 Å². The molecule has 0 unspecified atom stereocenters. The van der Waals surface area contributed by atoms with Gasteiger partial charge in [0.05, 0.1) is 17.4 Å². The van der Waals surface area contributed by atoms with E-state index in [0.29, 0.717) is 39.9 Å². The number of benzene rings is 2. The van der Waals surface area contributed by atoms with Gasteiger partial charge in [-0.05, 0) is 42.8 Å². The van der Waals surface area contributed by atoms with E-state index >= 15 is 0 Å².